The van der Waals surface area contributed by atoms with Gasteiger partial charge in [-0.1, -0.05) is 12.1 Å². The molecule has 0 aliphatic carbocycles. The molecule has 2 aliphatic heterocycles. The molecule has 3 unspecified atom stereocenters. The van der Waals surface area contributed by atoms with Crippen LogP contribution < -0.4 is 0 Å². The summed E-state index contributed by atoms with van der Waals surface area (Å²) in [6, 6.07) is 6.95. The lowest BCUT2D eigenvalue weighted by Crippen LogP contribution is -2.43. The summed E-state index contributed by atoms with van der Waals surface area (Å²) in [7, 11) is 1.77. The SMILES string of the molecule is CN(Cc1cccc(O)c1)C(=O)C1CC2CCC1N2C(=O)OC(C)(C)C. The fraction of sp³-hybridized carbons (Fsp3) is 0.600. The highest BCUT2D eigenvalue weighted by Crippen LogP contribution is 2.43. The smallest absolute Gasteiger partial charge is 0.410 e. The standard InChI is InChI=1S/C20H28N2O4/c1-20(2,3)26-19(25)22-14-8-9-17(22)16(11-14)18(24)21(4)12-13-6-5-7-15(23)10-13/h5-7,10,14,16-17,23H,8-9,11-12H2,1-4H3. The molecule has 6 nitrogen and oxygen atoms in total. The number of benzene rings is 1. The number of rotatable bonds is 3. The number of nitrogens with zero attached hydrogens (tertiary/aromatic N) is 2. The van der Waals surface area contributed by atoms with Crippen LogP contribution in [0.3, 0.4) is 0 Å². The molecular weight excluding hydrogens is 332 g/mol. The minimum Gasteiger partial charge on any atom is -0.508 e. The molecule has 6 heteroatoms. The average molecular weight is 360 g/mol. The van der Waals surface area contributed by atoms with Crippen molar-refractivity contribution in [1.29, 1.82) is 0 Å². The van der Waals surface area contributed by atoms with Gasteiger partial charge in [-0.2, -0.15) is 0 Å². The van der Waals surface area contributed by atoms with Crippen LogP contribution in [0.15, 0.2) is 24.3 Å². The summed E-state index contributed by atoms with van der Waals surface area (Å²) in [6.45, 7) is 6.01. The fourth-order valence-electron chi connectivity index (χ4n) is 4.14. The van der Waals surface area contributed by atoms with Gasteiger partial charge in [0.2, 0.25) is 5.91 Å². The second-order valence-corrected chi connectivity index (χ2v) is 8.39. The van der Waals surface area contributed by atoms with Gasteiger partial charge in [0.1, 0.15) is 11.4 Å². The lowest BCUT2D eigenvalue weighted by molar-refractivity contribution is -0.135. The maximum absolute atomic E-state index is 13.0. The number of phenols is 1. The van der Waals surface area contributed by atoms with E-state index < -0.39 is 5.60 Å². The molecule has 0 radical (unpaired) electrons. The normalized spacial score (nSPS) is 24.6. The molecule has 3 rings (SSSR count). The van der Waals surface area contributed by atoms with Crippen LogP contribution in [0.5, 0.6) is 5.75 Å². The quantitative estimate of drug-likeness (QED) is 0.899. The Morgan fingerprint density at radius 3 is 2.69 bits per heavy atom. The Bertz CT molecular complexity index is 697. The fourth-order valence-corrected chi connectivity index (χ4v) is 4.14. The number of amides is 2. The maximum Gasteiger partial charge on any atom is 0.410 e. The van der Waals surface area contributed by atoms with Crippen LogP contribution in [-0.4, -0.2) is 51.6 Å². The average Bonchev–Trinajstić information content (AvgIpc) is 3.10. The van der Waals surface area contributed by atoms with Gasteiger partial charge in [0, 0.05) is 25.7 Å². The Morgan fingerprint density at radius 1 is 1.31 bits per heavy atom. The zero-order chi connectivity index (χ0) is 19.1. The summed E-state index contributed by atoms with van der Waals surface area (Å²) in [5.74, 6) is 0.0667. The molecular formula is C20H28N2O4. The van der Waals surface area contributed by atoms with Crippen LogP contribution in [0.2, 0.25) is 0 Å². The third-order valence-electron chi connectivity index (χ3n) is 5.16. The minimum atomic E-state index is -0.537. The number of carbonyl (C=O) groups excluding carboxylic acids is 2. The number of phenolic OH excluding ortho intramolecular Hbond substituents is 1. The largest absolute Gasteiger partial charge is 0.508 e. The van der Waals surface area contributed by atoms with E-state index in [1.165, 1.54) is 0 Å². The third-order valence-corrected chi connectivity index (χ3v) is 5.16. The highest BCUT2D eigenvalue weighted by molar-refractivity contribution is 5.82. The molecule has 1 aromatic rings. The van der Waals surface area contributed by atoms with E-state index in [-0.39, 0.29) is 35.8 Å². The Hall–Kier alpha value is -2.24. The van der Waals surface area contributed by atoms with Crippen LogP contribution in [0.1, 0.15) is 45.6 Å². The number of fused-ring (bicyclic) bond motifs is 2. The first-order chi connectivity index (χ1) is 12.2. The van der Waals surface area contributed by atoms with E-state index in [2.05, 4.69) is 0 Å². The number of hydrogen-bond acceptors (Lipinski definition) is 4. The molecule has 2 heterocycles. The minimum absolute atomic E-state index is 0.0501. The monoisotopic (exact) mass is 360 g/mol. The van der Waals surface area contributed by atoms with Gasteiger partial charge in [-0.3, -0.25) is 4.79 Å². The first kappa shape index (κ1) is 18.5. The van der Waals surface area contributed by atoms with Gasteiger partial charge in [-0.25, -0.2) is 4.79 Å². The van der Waals surface area contributed by atoms with Crippen molar-refractivity contribution in [3.8, 4) is 5.75 Å². The first-order valence-electron chi connectivity index (χ1n) is 9.20. The van der Waals surface area contributed by atoms with Crippen LogP contribution in [-0.2, 0) is 16.1 Å². The number of ether oxygens (including phenoxy) is 1. The van der Waals surface area contributed by atoms with E-state index in [0.29, 0.717) is 13.0 Å². The van der Waals surface area contributed by atoms with Gasteiger partial charge in [0.15, 0.2) is 0 Å². The molecule has 26 heavy (non-hydrogen) atoms. The van der Waals surface area contributed by atoms with Crippen molar-refractivity contribution in [1.82, 2.24) is 9.80 Å². The van der Waals surface area contributed by atoms with Crippen LogP contribution in [0, 0.1) is 5.92 Å². The highest BCUT2D eigenvalue weighted by atomic mass is 16.6. The Labute approximate surface area is 154 Å². The summed E-state index contributed by atoms with van der Waals surface area (Å²) in [4.78, 5) is 29.0. The predicted octanol–water partition coefficient (Wildman–Crippen LogP) is 3.14. The number of carbonyl (C=O) groups is 2. The lowest BCUT2D eigenvalue weighted by atomic mass is 9.88. The lowest BCUT2D eigenvalue weighted by Gasteiger charge is -2.29. The van der Waals surface area contributed by atoms with Gasteiger partial charge >= 0.3 is 6.09 Å². The summed E-state index contributed by atoms with van der Waals surface area (Å²) in [5.41, 5.74) is 0.345. The summed E-state index contributed by atoms with van der Waals surface area (Å²) < 4.78 is 5.53. The van der Waals surface area contributed by atoms with Crippen molar-refractivity contribution in [3.05, 3.63) is 29.8 Å². The van der Waals surface area contributed by atoms with Crippen molar-refractivity contribution in [2.45, 2.75) is 64.3 Å². The second kappa shape index (κ2) is 6.82. The molecule has 3 atom stereocenters. The number of aromatic hydroxyl groups is 1. The maximum atomic E-state index is 13.0. The second-order valence-electron chi connectivity index (χ2n) is 8.39. The molecule has 2 amide bonds. The predicted molar refractivity (Wildman–Crippen MR) is 97.6 cm³/mol. The van der Waals surface area contributed by atoms with E-state index in [1.807, 2.05) is 26.8 Å². The topological polar surface area (TPSA) is 70.1 Å². The molecule has 2 aliphatic rings. The van der Waals surface area contributed by atoms with Crippen molar-refractivity contribution < 1.29 is 19.4 Å². The molecule has 1 aromatic carbocycles. The van der Waals surface area contributed by atoms with Crippen LogP contribution >= 0.6 is 0 Å². The van der Waals surface area contributed by atoms with Crippen molar-refractivity contribution in [3.63, 3.8) is 0 Å². The van der Waals surface area contributed by atoms with E-state index in [9.17, 15) is 14.7 Å². The van der Waals surface area contributed by atoms with Gasteiger partial charge < -0.3 is 19.6 Å². The zero-order valence-electron chi connectivity index (χ0n) is 15.9. The molecule has 1 N–H and O–H groups in total. The summed E-state index contributed by atoms with van der Waals surface area (Å²) in [6.07, 6.45) is 2.17. The van der Waals surface area contributed by atoms with E-state index in [4.69, 9.17) is 4.74 Å². The third kappa shape index (κ3) is 3.79. The van der Waals surface area contributed by atoms with Crippen LogP contribution in [0.4, 0.5) is 4.79 Å². The Balaban J connectivity index is 1.66. The van der Waals surface area contributed by atoms with Gasteiger partial charge in [-0.05, 0) is 57.7 Å². The highest BCUT2D eigenvalue weighted by Gasteiger charge is 2.52. The number of hydrogen-bond donors (Lipinski definition) is 1. The van der Waals surface area contributed by atoms with Crippen LogP contribution in [0.25, 0.3) is 0 Å². The molecule has 2 saturated heterocycles. The van der Waals surface area contributed by atoms with Crippen molar-refractivity contribution in [2.75, 3.05) is 7.05 Å². The first-order valence-corrected chi connectivity index (χ1v) is 9.20. The molecule has 2 fully saturated rings. The summed E-state index contributed by atoms with van der Waals surface area (Å²) >= 11 is 0. The molecule has 0 aromatic heterocycles. The molecule has 0 spiro atoms. The van der Waals surface area contributed by atoms with Gasteiger partial charge in [0.05, 0.1) is 5.92 Å². The van der Waals surface area contributed by atoms with E-state index in [1.54, 1.807) is 35.0 Å². The summed E-state index contributed by atoms with van der Waals surface area (Å²) in [5, 5.41) is 9.59. The zero-order valence-corrected chi connectivity index (χ0v) is 15.9. The Kier molecular flexibility index (Phi) is 4.86. The Morgan fingerprint density at radius 2 is 2.04 bits per heavy atom. The van der Waals surface area contributed by atoms with Crippen molar-refractivity contribution >= 4 is 12.0 Å². The molecule has 0 saturated carbocycles. The van der Waals surface area contributed by atoms with Crippen molar-refractivity contribution in [2.24, 2.45) is 5.92 Å². The van der Waals surface area contributed by atoms with Gasteiger partial charge in [0.25, 0.3) is 0 Å². The van der Waals surface area contributed by atoms with Gasteiger partial charge in [-0.15, -0.1) is 0 Å². The van der Waals surface area contributed by atoms with E-state index in [0.717, 1.165) is 18.4 Å². The molecule has 2 bridgehead atoms. The van der Waals surface area contributed by atoms with E-state index >= 15 is 0 Å². The molecule has 142 valence electrons.